The predicted molar refractivity (Wildman–Crippen MR) is 76.4 cm³/mol. The van der Waals surface area contributed by atoms with Crippen LogP contribution in [-0.2, 0) is 4.79 Å². The minimum atomic E-state index is -0.410. The van der Waals surface area contributed by atoms with Crippen LogP contribution in [0.4, 0.5) is 10.1 Å². The zero-order valence-corrected chi connectivity index (χ0v) is 12.8. The maximum absolute atomic E-state index is 13.6. The van der Waals surface area contributed by atoms with E-state index in [1.807, 2.05) is 6.92 Å². The van der Waals surface area contributed by atoms with Crippen LogP contribution in [0.5, 0.6) is 5.75 Å². The van der Waals surface area contributed by atoms with Crippen molar-refractivity contribution >= 4 is 39.1 Å². The van der Waals surface area contributed by atoms with E-state index in [4.69, 9.17) is 16.3 Å². The van der Waals surface area contributed by atoms with E-state index in [1.165, 1.54) is 12.1 Å². The fourth-order valence-electron chi connectivity index (χ4n) is 2.15. The first-order chi connectivity index (χ1) is 9.06. The van der Waals surface area contributed by atoms with Crippen LogP contribution in [0.15, 0.2) is 16.6 Å². The zero-order valence-electron chi connectivity index (χ0n) is 10.5. The minimum absolute atomic E-state index is 0.0518. The molecule has 1 amide bonds. The van der Waals surface area contributed by atoms with Gasteiger partial charge in [-0.2, -0.15) is 0 Å². The standard InChI is InChI=1S/C13H14BrClFNO2/c1-2-19-13-10(14)4-9(16)5-11(13)17-7-8(6-15)3-12(17)18/h4-5,8H,2-3,6-7H2,1H3. The Balaban J connectivity index is 2.40. The highest BCUT2D eigenvalue weighted by molar-refractivity contribution is 9.10. The summed E-state index contributed by atoms with van der Waals surface area (Å²) in [5, 5.41) is 0. The van der Waals surface area contributed by atoms with Crippen LogP contribution in [0, 0.1) is 11.7 Å². The molecule has 1 atom stereocenters. The van der Waals surface area contributed by atoms with E-state index in [-0.39, 0.29) is 11.8 Å². The number of carbonyl (C=O) groups is 1. The maximum Gasteiger partial charge on any atom is 0.227 e. The second-order valence-corrected chi connectivity index (χ2v) is 5.56. The molecule has 3 nitrogen and oxygen atoms in total. The molecule has 0 spiro atoms. The molecule has 0 aliphatic carbocycles. The summed E-state index contributed by atoms with van der Waals surface area (Å²) in [7, 11) is 0. The SMILES string of the molecule is CCOc1c(Br)cc(F)cc1N1CC(CCl)CC1=O. The molecule has 0 radical (unpaired) electrons. The molecule has 19 heavy (non-hydrogen) atoms. The average Bonchev–Trinajstić information content (AvgIpc) is 2.74. The summed E-state index contributed by atoms with van der Waals surface area (Å²) in [5.74, 6) is 0.553. The predicted octanol–water partition coefficient (Wildman–Crippen LogP) is 3.58. The highest BCUT2D eigenvalue weighted by Crippen LogP contribution is 2.39. The van der Waals surface area contributed by atoms with E-state index in [1.54, 1.807) is 4.90 Å². The molecule has 1 saturated heterocycles. The van der Waals surface area contributed by atoms with Gasteiger partial charge in [0.2, 0.25) is 5.91 Å². The second-order valence-electron chi connectivity index (χ2n) is 4.40. The van der Waals surface area contributed by atoms with E-state index in [9.17, 15) is 9.18 Å². The van der Waals surface area contributed by atoms with Gasteiger partial charge in [0.15, 0.2) is 5.75 Å². The van der Waals surface area contributed by atoms with Crippen molar-refractivity contribution in [3.63, 3.8) is 0 Å². The molecule has 0 aromatic heterocycles. The van der Waals surface area contributed by atoms with Gasteiger partial charge in [-0.05, 0) is 34.8 Å². The Morgan fingerprint density at radius 2 is 2.32 bits per heavy atom. The summed E-state index contributed by atoms with van der Waals surface area (Å²) >= 11 is 9.07. The van der Waals surface area contributed by atoms with Crippen LogP contribution in [0.25, 0.3) is 0 Å². The highest BCUT2D eigenvalue weighted by Gasteiger charge is 2.32. The summed E-state index contributed by atoms with van der Waals surface area (Å²) in [6.07, 6.45) is 0.392. The van der Waals surface area contributed by atoms with E-state index in [0.29, 0.717) is 41.4 Å². The smallest absolute Gasteiger partial charge is 0.227 e. The quantitative estimate of drug-likeness (QED) is 0.777. The molecule has 1 aromatic carbocycles. The molecule has 0 saturated carbocycles. The Hall–Kier alpha value is -0.810. The molecule has 0 bridgehead atoms. The highest BCUT2D eigenvalue weighted by atomic mass is 79.9. The molecule has 1 aliphatic heterocycles. The van der Waals surface area contributed by atoms with Gasteiger partial charge in [0.25, 0.3) is 0 Å². The first-order valence-corrected chi connectivity index (χ1v) is 7.37. The Bertz CT molecular complexity index is 498. The molecule has 1 fully saturated rings. The number of ether oxygens (including phenoxy) is 1. The van der Waals surface area contributed by atoms with Crippen molar-refractivity contribution in [2.75, 3.05) is 23.9 Å². The first-order valence-electron chi connectivity index (χ1n) is 6.05. The minimum Gasteiger partial charge on any atom is -0.490 e. The van der Waals surface area contributed by atoms with Crippen LogP contribution in [0.3, 0.4) is 0 Å². The fraction of sp³-hybridized carbons (Fsp3) is 0.462. The third kappa shape index (κ3) is 3.03. The van der Waals surface area contributed by atoms with E-state index < -0.39 is 5.82 Å². The molecular weight excluding hydrogens is 337 g/mol. The molecule has 1 aromatic rings. The Morgan fingerprint density at radius 1 is 1.58 bits per heavy atom. The van der Waals surface area contributed by atoms with Gasteiger partial charge in [0, 0.05) is 24.9 Å². The maximum atomic E-state index is 13.6. The van der Waals surface area contributed by atoms with Gasteiger partial charge in [-0.25, -0.2) is 4.39 Å². The molecule has 1 aliphatic rings. The number of anilines is 1. The molecule has 1 unspecified atom stereocenters. The lowest BCUT2D eigenvalue weighted by molar-refractivity contribution is -0.117. The first kappa shape index (κ1) is 14.6. The Kier molecular flexibility index (Phi) is 4.68. The summed E-state index contributed by atoms with van der Waals surface area (Å²) in [6, 6.07) is 2.65. The number of nitrogens with zero attached hydrogens (tertiary/aromatic N) is 1. The second kappa shape index (κ2) is 6.09. The normalized spacial score (nSPS) is 19.1. The van der Waals surface area contributed by atoms with Crippen molar-refractivity contribution in [3.8, 4) is 5.75 Å². The molecule has 104 valence electrons. The molecule has 1 heterocycles. The van der Waals surface area contributed by atoms with E-state index in [0.717, 1.165) is 0 Å². The van der Waals surface area contributed by atoms with Crippen LogP contribution in [0.1, 0.15) is 13.3 Å². The number of hydrogen-bond donors (Lipinski definition) is 0. The molecule has 0 N–H and O–H groups in total. The topological polar surface area (TPSA) is 29.5 Å². The van der Waals surface area contributed by atoms with Crippen LogP contribution in [0.2, 0.25) is 0 Å². The van der Waals surface area contributed by atoms with Gasteiger partial charge in [-0.15, -0.1) is 11.6 Å². The van der Waals surface area contributed by atoms with Crippen molar-refractivity contribution in [1.29, 1.82) is 0 Å². The van der Waals surface area contributed by atoms with Gasteiger partial charge >= 0.3 is 0 Å². The molecule has 2 rings (SSSR count). The van der Waals surface area contributed by atoms with Gasteiger partial charge < -0.3 is 9.64 Å². The zero-order chi connectivity index (χ0) is 14.0. The summed E-state index contributed by atoms with van der Waals surface area (Å²) in [4.78, 5) is 13.5. The van der Waals surface area contributed by atoms with Crippen molar-refractivity contribution < 1.29 is 13.9 Å². The van der Waals surface area contributed by atoms with Crippen LogP contribution in [-0.4, -0.2) is 24.9 Å². The lowest BCUT2D eigenvalue weighted by Gasteiger charge is -2.21. The summed E-state index contributed by atoms with van der Waals surface area (Å²) < 4.78 is 19.6. The van der Waals surface area contributed by atoms with Crippen LogP contribution >= 0.6 is 27.5 Å². The van der Waals surface area contributed by atoms with Crippen molar-refractivity contribution in [3.05, 3.63) is 22.4 Å². The number of hydrogen-bond acceptors (Lipinski definition) is 2. The van der Waals surface area contributed by atoms with Crippen molar-refractivity contribution in [1.82, 2.24) is 0 Å². The lowest BCUT2D eigenvalue weighted by atomic mass is 10.1. The van der Waals surface area contributed by atoms with Crippen LogP contribution < -0.4 is 9.64 Å². The third-order valence-electron chi connectivity index (χ3n) is 2.99. The van der Waals surface area contributed by atoms with Crippen molar-refractivity contribution in [2.24, 2.45) is 5.92 Å². The van der Waals surface area contributed by atoms with Gasteiger partial charge in [-0.3, -0.25) is 4.79 Å². The molecular formula is C13H14BrClFNO2. The third-order valence-corrected chi connectivity index (χ3v) is 4.02. The Labute approximate surface area is 124 Å². The fourth-order valence-corrected chi connectivity index (χ4v) is 2.90. The number of alkyl halides is 1. The van der Waals surface area contributed by atoms with E-state index in [2.05, 4.69) is 15.9 Å². The number of halogens is 3. The number of carbonyl (C=O) groups excluding carboxylic acids is 1. The largest absolute Gasteiger partial charge is 0.490 e. The Morgan fingerprint density at radius 3 is 2.89 bits per heavy atom. The monoisotopic (exact) mass is 349 g/mol. The van der Waals surface area contributed by atoms with E-state index >= 15 is 0 Å². The lowest BCUT2D eigenvalue weighted by Crippen LogP contribution is -2.25. The molecule has 6 heteroatoms. The number of rotatable bonds is 4. The van der Waals surface area contributed by atoms with Gasteiger partial charge in [-0.1, -0.05) is 0 Å². The van der Waals surface area contributed by atoms with Gasteiger partial charge in [0.05, 0.1) is 16.8 Å². The summed E-state index contributed by atoms with van der Waals surface area (Å²) in [5.41, 5.74) is 0.464. The van der Waals surface area contributed by atoms with Gasteiger partial charge in [0.1, 0.15) is 5.82 Å². The number of amides is 1. The average molecular weight is 351 g/mol. The number of benzene rings is 1. The van der Waals surface area contributed by atoms with Crippen molar-refractivity contribution in [2.45, 2.75) is 13.3 Å². The summed E-state index contributed by atoms with van der Waals surface area (Å²) in [6.45, 7) is 2.78.